The Morgan fingerprint density at radius 3 is 2.21 bits per heavy atom. The van der Waals surface area contributed by atoms with E-state index in [1.807, 2.05) is 27.7 Å². The largest absolute Gasteiger partial charge is 0.207 e. The lowest BCUT2D eigenvalue weighted by atomic mass is 9.77. The fourth-order valence-electron chi connectivity index (χ4n) is 1.31. The molecule has 1 atom stereocenters. The van der Waals surface area contributed by atoms with Crippen molar-refractivity contribution in [1.82, 2.24) is 0 Å². The molecule has 0 aromatic heterocycles. The van der Waals surface area contributed by atoms with Gasteiger partial charge in [-0.3, -0.25) is 0 Å². The Morgan fingerprint density at radius 2 is 1.71 bits per heavy atom. The highest BCUT2D eigenvalue weighted by molar-refractivity contribution is 5.23. The second kappa shape index (κ2) is 3.68. The van der Waals surface area contributed by atoms with E-state index < -0.39 is 0 Å². The van der Waals surface area contributed by atoms with Gasteiger partial charge in [0.15, 0.2) is 0 Å². The summed E-state index contributed by atoms with van der Waals surface area (Å²) >= 11 is 0. The highest BCUT2D eigenvalue weighted by Crippen LogP contribution is 2.35. The molecule has 1 unspecified atom stereocenters. The minimum absolute atomic E-state index is 0.00167. The average molecular weight is 198 g/mol. The summed E-state index contributed by atoms with van der Waals surface area (Å²) in [5, 5.41) is 0. The van der Waals surface area contributed by atoms with Crippen LogP contribution in [0.4, 0.5) is 8.78 Å². The lowest BCUT2D eigenvalue weighted by Crippen LogP contribution is -2.16. The summed E-state index contributed by atoms with van der Waals surface area (Å²) < 4.78 is 26.3. The van der Waals surface area contributed by atoms with Crippen molar-refractivity contribution in [1.29, 1.82) is 0 Å². The molecule has 0 heterocycles. The summed E-state index contributed by atoms with van der Waals surface area (Å²) in [6.07, 6.45) is 0. The zero-order valence-electron chi connectivity index (χ0n) is 9.07. The van der Waals surface area contributed by atoms with Crippen LogP contribution in [-0.4, -0.2) is 0 Å². The first-order valence-corrected chi connectivity index (χ1v) is 4.77. The first kappa shape index (κ1) is 11.2. The van der Waals surface area contributed by atoms with Gasteiger partial charge >= 0.3 is 0 Å². The van der Waals surface area contributed by atoms with Gasteiger partial charge < -0.3 is 0 Å². The van der Waals surface area contributed by atoms with Crippen LogP contribution in [0.1, 0.15) is 39.2 Å². The quantitative estimate of drug-likeness (QED) is 0.637. The van der Waals surface area contributed by atoms with Crippen LogP contribution in [0.3, 0.4) is 0 Å². The molecule has 0 aliphatic heterocycles. The molecule has 2 heteroatoms. The number of rotatable bonds is 1. The normalized spacial score (nSPS) is 14.1. The second-order valence-electron chi connectivity index (χ2n) is 4.75. The van der Waals surface area contributed by atoms with Crippen molar-refractivity contribution in [2.24, 2.45) is 5.41 Å². The van der Waals surface area contributed by atoms with Gasteiger partial charge in [-0.2, -0.15) is 0 Å². The fourth-order valence-corrected chi connectivity index (χ4v) is 1.31. The molecule has 0 nitrogen and oxygen atoms in total. The molecule has 0 radical (unpaired) electrons. The van der Waals surface area contributed by atoms with Gasteiger partial charge in [-0.1, -0.05) is 27.7 Å². The molecule has 0 spiro atoms. The third-order valence-corrected chi connectivity index (χ3v) is 2.72. The predicted octanol–water partition coefficient (Wildman–Crippen LogP) is 4.11. The molecular formula is C12H16F2. The molecule has 0 aliphatic rings. The van der Waals surface area contributed by atoms with Crippen LogP contribution in [0.15, 0.2) is 18.2 Å². The van der Waals surface area contributed by atoms with Gasteiger partial charge in [0.2, 0.25) is 0 Å². The molecule has 1 rings (SSSR count). The fraction of sp³-hybridized carbons (Fsp3) is 0.500. The Hall–Kier alpha value is -0.920. The van der Waals surface area contributed by atoms with E-state index >= 15 is 0 Å². The summed E-state index contributed by atoms with van der Waals surface area (Å²) in [4.78, 5) is 0. The summed E-state index contributed by atoms with van der Waals surface area (Å²) in [6.45, 7) is 7.96. The van der Waals surface area contributed by atoms with E-state index in [0.717, 1.165) is 6.07 Å². The maximum atomic E-state index is 13.4. The summed E-state index contributed by atoms with van der Waals surface area (Å²) in [6, 6.07) is 3.62. The van der Waals surface area contributed by atoms with Crippen LogP contribution in [0.5, 0.6) is 0 Å². The monoisotopic (exact) mass is 198 g/mol. The van der Waals surface area contributed by atoms with Gasteiger partial charge in [0.1, 0.15) is 11.6 Å². The SMILES string of the molecule is CC(c1cc(F)ccc1F)C(C)(C)C. The third kappa shape index (κ3) is 2.31. The van der Waals surface area contributed by atoms with Crippen molar-refractivity contribution >= 4 is 0 Å². The lowest BCUT2D eigenvalue weighted by molar-refractivity contribution is 0.330. The molecule has 0 saturated carbocycles. The van der Waals surface area contributed by atoms with Gasteiger partial charge in [0.25, 0.3) is 0 Å². The third-order valence-electron chi connectivity index (χ3n) is 2.72. The van der Waals surface area contributed by atoms with Crippen LogP contribution < -0.4 is 0 Å². The van der Waals surface area contributed by atoms with Crippen LogP contribution in [0.2, 0.25) is 0 Å². The maximum absolute atomic E-state index is 13.4. The highest BCUT2D eigenvalue weighted by atomic mass is 19.1. The maximum Gasteiger partial charge on any atom is 0.126 e. The van der Waals surface area contributed by atoms with Crippen LogP contribution in [-0.2, 0) is 0 Å². The first-order valence-electron chi connectivity index (χ1n) is 4.77. The van der Waals surface area contributed by atoms with Gasteiger partial charge in [-0.05, 0) is 35.1 Å². The topological polar surface area (TPSA) is 0 Å². The number of benzene rings is 1. The second-order valence-corrected chi connectivity index (χ2v) is 4.75. The molecule has 0 amide bonds. The van der Waals surface area contributed by atoms with E-state index in [2.05, 4.69) is 0 Å². The number of hydrogen-bond donors (Lipinski definition) is 0. The van der Waals surface area contributed by atoms with Crippen LogP contribution >= 0.6 is 0 Å². The van der Waals surface area contributed by atoms with Crippen molar-refractivity contribution in [3.05, 3.63) is 35.4 Å². The number of halogens is 2. The van der Waals surface area contributed by atoms with E-state index in [4.69, 9.17) is 0 Å². The molecule has 1 aromatic rings. The Kier molecular flexibility index (Phi) is 2.93. The molecule has 0 saturated heterocycles. The van der Waals surface area contributed by atoms with Crippen molar-refractivity contribution < 1.29 is 8.78 Å². The van der Waals surface area contributed by atoms with Crippen LogP contribution in [0.25, 0.3) is 0 Å². The molecule has 0 N–H and O–H groups in total. The van der Waals surface area contributed by atoms with E-state index in [0.29, 0.717) is 5.56 Å². The van der Waals surface area contributed by atoms with Gasteiger partial charge in [0.05, 0.1) is 0 Å². The molecular weight excluding hydrogens is 182 g/mol. The van der Waals surface area contributed by atoms with Gasteiger partial charge in [-0.25, -0.2) is 8.78 Å². The zero-order valence-corrected chi connectivity index (χ0v) is 9.07. The lowest BCUT2D eigenvalue weighted by Gasteiger charge is -2.27. The summed E-state index contributed by atoms with van der Waals surface area (Å²) in [7, 11) is 0. The minimum Gasteiger partial charge on any atom is -0.207 e. The highest BCUT2D eigenvalue weighted by Gasteiger charge is 2.24. The van der Waals surface area contributed by atoms with Crippen molar-refractivity contribution in [2.45, 2.75) is 33.6 Å². The zero-order chi connectivity index (χ0) is 10.9. The first-order chi connectivity index (χ1) is 6.32. The van der Waals surface area contributed by atoms with Crippen LogP contribution in [0, 0.1) is 17.0 Å². The van der Waals surface area contributed by atoms with E-state index in [1.165, 1.54) is 12.1 Å². The van der Waals surface area contributed by atoms with Crippen molar-refractivity contribution in [3.8, 4) is 0 Å². The van der Waals surface area contributed by atoms with E-state index in [9.17, 15) is 8.78 Å². The van der Waals surface area contributed by atoms with Gasteiger partial charge in [-0.15, -0.1) is 0 Å². The Balaban J connectivity index is 3.12. The van der Waals surface area contributed by atoms with Crippen molar-refractivity contribution in [2.75, 3.05) is 0 Å². The molecule has 0 aliphatic carbocycles. The number of hydrogen-bond acceptors (Lipinski definition) is 0. The molecule has 0 bridgehead atoms. The van der Waals surface area contributed by atoms with E-state index in [-0.39, 0.29) is 23.0 Å². The Morgan fingerprint density at radius 1 is 1.14 bits per heavy atom. The summed E-state index contributed by atoms with van der Waals surface area (Å²) in [5.74, 6) is -0.704. The average Bonchev–Trinajstić information content (AvgIpc) is 2.06. The molecule has 14 heavy (non-hydrogen) atoms. The molecule has 78 valence electrons. The smallest absolute Gasteiger partial charge is 0.126 e. The Labute approximate surface area is 84.0 Å². The molecule has 1 aromatic carbocycles. The van der Waals surface area contributed by atoms with Gasteiger partial charge in [0, 0.05) is 0 Å². The molecule has 0 fully saturated rings. The summed E-state index contributed by atoms with van der Waals surface area (Å²) in [5.41, 5.74) is 0.395. The Bertz CT molecular complexity index is 324. The minimum atomic E-state index is -0.377. The van der Waals surface area contributed by atoms with E-state index in [1.54, 1.807) is 0 Å². The van der Waals surface area contributed by atoms with Crippen molar-refractivity contribution in [3.63, 3.8) is 0 Å². The standard InChI is InChI=1S/C12H16F2/c1-8(12(2,3)4)10-7-9(13)5-6-11(10)14/h5-8H,1-4H3. The predicted molar refractivity (Wildman–Crippen MR) is 54.2 cm³/mol.